The minimum atomic E-state index is -0.294. The van der Waals surface area contributed by atoms with Crippen LogP contribution in [0.4, 0.5) is 4.39 Å². The first-order chi connectivity index (χ1) is 12.7. The van der Waals surface area contributed by atoms with E-state index in [-0.39, 0.29) is 12.4 Å². The van der Waals surface area contributed by atoms with Gasteiger partial charge in [0.05, 0.1) is 11.6 Å². The quantitative estimate of drug-likeness (QED) is 0.435. The zero-order valence-electron chi connectivity index (χ0n) is 14.4. The molecule has 0 fully saturated rings. The first-order valence-corrected chi connectivity index (χ1v) is 8.31. The maximum Gasteiger partial charge on any atom is 0.129 e. The average molecular weight is 343 g/mol. The van der Waals surface area contributed by atoms with Crippen LogP contribution in [-0.2, 0) is 6.61 Å². The number of benzene rings is 3. The standard InChI is InChI=1S/C23H18FNO/c1-17-10-12-18(13-11-17)21(15-25)14-19-6-3-5-9-23(19)26-16-20-7-2-4-8-22(20)24/h2-14H,16H2,1H3/b21-14-. The van der Waals surface area contributed by atoms with Crippen LogP contribution in [0.15, 0.2) is 72.8 Å². The van der Waals surface area contributed by atoms with E-state index >= 15 is 0 Å². The summed E-state index contributed by atoms with van der Waals surface area (Å²) in [5.41, 5.74) is 3.81. The average Bonchev–Trinajstić information content (AvgIpc) is 2.67. The van der Waals surface area contributed by atoms with Crippen LogP contribution < -0.4 is 4.74 Å². The molecular weight excluding hydrogens is 325 g/mol. The number of halogens is 1. The molecule has 3 rings (SSSR count). The molecule has 0 N–H and O–H groups in total. The maximum atomic E-state index is 13.8. The molecule has 0 aliphatic heterocycles. The van der Waals surface area contributed by atoms with Gasteiger partial charge in [-0.15, -0.1) is 0 Å². The lowest BCUT2D eigenvalue weighted by Gasteiger charge is -2.10. The Balaban J connectivity index is 1.87. The Morgan fingerprint density at radius 2 is 1.69 bits per heavy atom. The van der Waals surface area contributed by atoms with Crippen molar-refractivity contribution in [3.63, 3.8) is 0 Å². The smallest absolute Gasteiger partial charge is 0.129 e. The second-order valence-electron chi connectivity index (χ2n) is 5.95. The topological polar surface area (TPSA) is 33.0 Å². The summed E-state index contributed by atoms with van der Waals surface area (Å²) in [6.45, 7) is 2.13. The Labute approximate surface area is 152 Å². The number of nitriles is 1. The van der Waals surface area contributed by atoms with Crippen LogP contribution >= 0.6 is 0 Å². The molecule has 3 heteroatoms. The summed E-state index contributed by atoms with van der Waals surface area (Å²) >= 11 is 0. The lowest BCUT2D eigenvalue weighted by atomic mass is 10.0. The van der Waals surface area contributed by atoms with Gasteiger partial charge in [0.25, 0.3) is 0 Å². The first-order valence-electron chi connectivity index (χ1n) is 8.31. The van der Waals surface area contributed by atoms with Gasteiger partial charge in [-0.05, 0) is 30.7 Å². The molecule has 0 aromatic heterocycles. The lowest BCUT2D eigenvalue weighted by Crippen LogP contribution is -1.99. The molecule has 128 valence electrons. The monoisotopic (exact) mass is 343 g/mol. The fourth-order valence-corrected chi connectivity index (χ4v) is 2.57. The molecule has 0 spiro atoms. The molecule has 0 unspecified atom stereocenters. The third-order valence-electron chi connectivity index (χ3n) is 4.04. The van der Waals surface area contributed by atoms with Crippen molar-refractivity contribution in [3.8, 4) is 11.8 Å². The van der Waals surface area contributed by atoms with E-state index in [4.69, 9.17) is 4.74 Å². The fourth-order valence-electron chi connectivity index (χ4n) is 2.57. The van der Waals surface area contributed by atoms with Gasteiger partial charge >= 0.3 is 0 Å². The molecule has 0 amide bonds. The van der Waals surface area contributed by atoms with E-state index in [2.05, 4.69) is 6.07 Å². The molecule has 26 heavy (non-hydrogen) atoms. The minimum Gasteiger partial charge on any atom is -0.488 e. The third-order valence-corrected chi connectivity index (χ3v) is 4.04. The molecular formula is C23H18FNO. The van der Waals surface area contributed by atoms with Crippen molar-refractivity contribution in [1.82, 2.24) is 0 Å². The van der Waals surface area contributed by atoms with Gasteiger partial charge in [-0.25, -0.2) is 4.39 Å². The second-order valence-corrected chi connectivity index (χ2v) is 5.95. The number of aryl methyl sites for hydroxylation is 1. The first kappa shape index (κ1) is 17.4. The summed E-state index contributed by atoms with van der Waals surface area (Å²) in [5, 5.41) is 9.54. The van der Waals surface area contributed by atoms with Crippen LogP contribution in [0, 0.1) is 24.1 Å². The second kappa shape index (κ2) is 8.13. The van der Waals surface area contributed by atoms with Crippen molar-refractivity contribution in [2.75, 3.05) is 0 Å². The number of rotatable bonds is 5. The summed E-state index contributed by atoms with van der Waals surface area (Å²) in [6.07, 6.45) is 1.79. The van der Waals surface area contributed by atoms with Crippen LogP contribution in [0.5, 0.6) is 5.75 Å². The Hall–Kier alpha value is -3.38. The molecule has 0 bridgehead atoms. The van der Waals surface area contributed by atoms with Crippen LogP contribution in [0.2, 0.25) is 0 Å². The zero-order chi connectivity index (χ0) is 18.4. The van der Waals surface area contributed by atoms with Crippen LogP contribution in [0.3, 0.4) is 0 Å². The van der Waals surface area contributed by atoms with Gasteiger partial charge < -0.3 is 4.74 Å². The van der Waals surface area contributed by atoms with Crippen molar-refractivity contribution in [3.05, 3.63) is 101 Å². The normalized spacial score (nSPS) is 11.0. The third kappa shape index (κ3) is 4.17. The Bertz CT molecular complexity index is 968. The van der Waals surface area contributed by atoms with E-state index in [1.165, 1.54) is 6.07 Å². The molecule has 0 heterocycles. The highest BCUT2D eigenvalue weighted by molar-refractivity contribution is 5.90. The highest BCUT2D eigenvalue weighted by Gasteiger charge is 2.07. The minimum absolute atomic E-state index is 0.129. The summed E-state index contributed by atoms with van der Waals surface area (Å²) in [7, 11) is 0. The molecule has 0 atom stereocenters. The molecule has 0 saturated carbocycles. The van der Waals surface area contributed by atoms with Crippen LogP contribution in [-0.4, -0.2) is 0 Å². The number of hydrogen-bond donors (Lipinski definition) is 0. The van der Waals surface area contributed by atoms with E-state index in [1.807, 2.05) is 55.5 Å². The van der Waals surface area contributed by atoms with Crippen molar-refractivity contribution < 1.29 is 9.13 Å². The predicted octanol–water partition coefficient (Wildman–Crippen LogP) is 5.78. The number of hydrogen-bond acceptors (Lipinski definition) is 2. The van der Waals surface area contributed by atoms with Crippen LogP contribution in [0.1, 0.15) is 22.3 Å². The summed E-state index contributed by atoms with van der Waals surface area (Å²) in [6, 6.07) is 24.0. The van der Waals surface area contributed by atoms with E-state index in [1.54, 1.807) is 24.3 Å². The Morgan fingerprint density at radius 3 is 2.42 bits per heavy atom. The number of allylic oxidation sites excluding steroid dienone is 1. The molecule has 2 nitrogen and oxygen atoms in total. The molecule has 0 aliphatic rings. The predicted molar refractivity (Wildman–Crippen MR) is 102 cm³/mol. The van der Waals surface area contributed by atoms with Gasteiger partial charge in [-0.2, -0.15) is 5.26 Å². The molecule has 3 aromatic carbocycles. The van der Waals surface area contributed by atoms with Gasteiger partial charge in [0.2, 0.25) is 0 Å². The van der Waals surface area contributed by atoms with Gasteiger partial charge in [0.15, 0.2) is 0 Å². The van der Waals surface area contributed by atoms with E-state index in [0.717, 1.165) is 16.7 Å². The Morgan fingerprint density at radius 1 is 1.00 bits per heavy atom. The SMILES string of the molecule is Cc1ccc(/C(C#N)=C\c2ccccc2OCc2ccccc2F)cc1. The number of para-hydroxylation sites is 1. The highest BCUT2D eigenvalue weighted by atomic mass is 19.1. The van der Waals surface area contributed by atoms with Gasteiger partial charge in [0.1, 0.15) is 18.2 Å². The summed E-state index contributed by atoms with van der Waals surface area (Å²) in [4.78, 5) is 0. The highest BCUT2D eigenvalue weighted by Crippen LogP contribution is 2.25. The van der Waals surface area contributed by atoms with Gasteiger partial charge in [-0.1, -0.05) is 66.2 Å². The number of ether oxygens (including phenoxy) is 1. The molecule has 3 aromatic rings. The van der Waals surface area contributed by atoms with E-state index in [9.17, 15) is 9.65 Å². The lowest BCUT2D eigenvalue weighted by molar-refractivity contribution is 0.299. The maximum absolute atomic E-state index is 13.8. The number of nitrogens with zero attached hydrogens (tertiary/aromatic N) is 1. The van der Waals surface area contributed by atoms with Crippen molar-refractivity contribution in [1.29, 1.82) is 5.26 Å². The summed E-state index contributed by atoms with van der Waals surface area (Å²) in [5.74, 6) is 0.313. The molecule has 0 radical (unpaired) electrons. The van der Waals surface area contributed by atoms with E-state index in [0.29, 0.717) is 16.9 Å². The molecule has 0 saturated heterocycles. The van der Waals surface area contributed by atoms with E-state index < -0.39 is 0 Å². The van der Waals surface area contributed by atoms with Gasteiger partial charge in [0, 0.05) is 11.1 Å². The van der Waals surface area contributed by atoms with Gasteiger partial charge in [-0.3, -0.25) is 0 Å². The zero-order valence-corrected chi connectivity index (χ0v) is 14.4. The summed E-state index contributed by atoms with van der Waals surface area (Å²) < 4.78 is 19.6. The Kier molecular flexibility index (Phi) is 5.46. The fraction of sp³-hybridized carbons (Fsp3) is 0.0870. The molecule has 0 aliphatic carbocycles. The van der Waals surface area contributed by atoms with Crippen molar-refractivity contribution in [2.45, 2.75) is 13.5 Å². The van der Waals surface area contributed by atoms with Crippen LogP contribution in [0.25, 0.3) is 11.6 Å². The largest absolute Gasteiger partial charge is 0.488 e. The van der Waals surface area contributed by atoms with Crippen molar-refractivity contribution >= 4 is 11.6 Å². The van der Waals surface area contributed by atoms with Crippen molar-refractivity contribution in [2.24, 2.45) is 0 Å².